The Bertz CT molecular complexity index is 130. The molecular weight excluding hydrogens is 183 g/mol. The zero-order valence-electron chi connectivity index (χ0n) is 9.00. The zero-order valence-corrected chi connectivity index (χ0v) is 9.90. The van der Waals surface area contributed by atoms with E-state index in [0.29, 0.717) is 18.7 Å². The van der Waals surface area contributed by atoms with Crippen molar-refractivity contribution in [2.75, 3.05) is 6.61 Å². The normalized spacial score (nSPS) is 11.6. The molecule has 0 rings (SSSR count). The van der Waals surface area contributed by atoms with Gasteiger partial charge in [0.1, 0.15) is 0 Å². The van der Waals surface area contributed by atoms with E-state index in [2.05, 4.69) is 44.4 Å². The van der Waals surface area contributed by atoms with E-state index in [4.69, 9.17) is 4.52 Å². The third-order valence-corrected chi connectivity index (χ3v) is 2.98. The molecule has 0 saturated carbocycles. The molecule has 0 unspecified atom stereocenters. The molecule has 0 aliphatic rings. The quantitative estimate of drug-likeness (QED) is 0.493. The van der Waals surface area contributed by atoms with Crippen LogP contribution in [0.3, 0.4) is 0 Å². The van der Waals surface area contributed by atoms with Crippen molar-refractivity contribution in [1.29, 1.82) is 0 Å². The Morgan fingerprint density at radius 2 is 1.69 bits per heavy atom. The number of nitrogens with one attached hydrogen (secondary N) is 2. The van der Waals surface area contributed by atoms with Gasteiger partial charge >= 0.3 is 0 Å². The molecule has 0 aliphatic heterocycles. The Balaban J connectivity index is 3.79. The zero-order chi connectivity index (χ0) is 10.3. The van der Waals surface area contributed by atoms with Gasteiger partial charge in [-0.15, -0.1) is 6.58 Å². The molecule has 0 fully saturated rings. The molecule has 0 aromatic heterocycles. The van der Waals surface area contributed by atoms with Crippen LogP contribution in [0.15, 0.2) is 12.7 Å². The highest BCUT2D eigenvalue weighted by Gasteiger charge is 2.10. The van der Waals surface area contributed by atoms with Gasteiger partial charge in [0.2, 0.25) is 0 Å². The lowest BCUT2D eigenvalue weighted by Gasteiger charge is -2.22. The van der Waals surface area contributed by atoms with Crippen molar-refractivity contribution in [3.05, 3.63) is 12.7 Å². The minimum Gasteiger partial charge on any atom is -0.327 e. The predicted octanol–water partition coefficient (Wildman–Crippen LogP) is 2.41. The van der Waals surface area contributed by atoms with Crippen molar-refractivity contribution in [2.24, 2.45) is 0 Å². The van der Waals surface area contributed by atoms with E-state index in [1.54, 1.807) is 6.08 Å². The molecule has 2 N–H and O–H groups in total. The summed E-state index contributed by atoms with van der Waals surface area (Å²) in [5, 5.41) is 6.66. The van der Waals surface area contributed by atoms with E-state index in [-0.39, 0.29) is 0 Å². The van der Waals surface area contributed by atoms with Gasteiger partial charge in [-0.25, -0.2) is 0 Å². The second-order valence-electron chi connectivity index (χ2n) is 3.45. The Labute approximate surface area is 82.9 Å². The van der Waals surface area contributed by atoms with Gasteiger partial charge in [0.15, 0.2) is 8.45 Å². The lowest BCUT2D eigenvalue weighted by atomic mass is 10.4. The molecule has 4 heteroatoms. The highest BCUT2D eigenvalue weighted by atomic mass is 31.2. The Hall–Kier alpha value is 0.0500. The van der Waals surface area contributed by atoms with Gasteiger partial charge in [-0.2, -0.15) is 0 Å². The van der Waals surface area contributed by atoms with Crippen molar-refractivity contribution in [3.8, 4) is 0 Å². The van der Waals surface area contributed by atoms with Crippen LogP contribution < -0.4 is 10.2 Å². The summed E-state index contributed by atoms with van der Waals surface area (Å²) >= 11 is 0. The molecule has 0 aromatic rings. The molecule has 0 amide bonds. The summed E-state index contributed by atoms with van der Waals surface area (Å²) in [4.78, 5) is 0. The highest BCUT2D eigenvalue weighted by Crippen LogP contribution is 2.27. The van der Waals surface area contributed by atoms with Gasteiger partial charge in [-0.1, -0.05) is 6.08 Å². The van der Waals surface area contributed by atoms with E-state index in [9.17, 15) is 0 Å². The average Bonchev–Trinajstić information content (AvgIpc) is 1.98. The Kier molecular flexibility index (Phi) is 7.48. The smallest absolute Gasteiger partial charge is 0.183 e. The molecule has 78 valence electrons. The van der Waals surface area contributed by atoms with Crippen LogP contribution in [0.5, 0.6) is 0 Å². The third kappa shape index (κ3) is 8.38. The fourth-order valence-corrected chi connectivity index (χ4v) is 2.12. The van der Waals surface area contributed by atoms with E-state index in [1.807, 2.05) is 0 Å². The van der Waals surface area contributed by atoms with Gasteiger partial charge in [-0.05, 0) is 27.7 Å². The Morgan fingerprint density at radius 1 is 1.23 bits per heavy atom. The van der Waals surface area contributed by atoms with Crippen molar-refractivity contribution in [1.82, 2.24) is 10.2 Å². The van der Waals surface area contributed by atoms with Crippen LogP contribution in [-0.2, 0) is 4.52 Å². The third-order valence-electron chi connectivity index (χ3n) is 1.07. The predicted molar refractivity (Wildman–Crippen MR) is 59.6 cm³/mol. The maximum Gasteiger partial charge on any atom is 0.183 e. The van der Waals surface area contributed by atoms with Crippen LogP contribution in [0.2, 0.25) is 0 Å². The molecule has 0 aromatic carbocycles. The van der Waals surface area contributed by atoms with Crippen molar-refractivity contribution < 1.29 is 4.52 Å². The minimum absolute atomic E-state index is 0.433. The van der Waals surface area contributed by atoms with Crippen LogP contribution in [0.1, 0.15) is 27.7 Å². The summed E-state index contributed by atoms with van der Waals surface area (Å²) in [5.74, 6) is 0. The van der Waals surface area contributed by atoms with E-state index >= 15 is 0 Å². The van der Waals surface area contributed by atoms with Crippen molar-refractivity contribution in [2.45, 2.75) is 39.8 Å². The summed E-state index contributed by atoms with van der Waals surface area (Å²) in [6, 6.07) is 0.865. The van der Waals surface area contributed by atoms with E-state index in [0.717, 1.165) is 0 Å². The number of hydrogen-bond donors (Lipinski definition) is 2. The minimum atomic E-state index is -0.717. The number of hydrogen-bond acceptors (Lipinski definition) is 3. The first-order valence-corrected chi connectivity index (χ1v) is 5.88. The van der Waals surface area contributed by atoms with E-state index < -0.39 is 8.45 Å². The molecular formula is C9H21N2OP. The van der Waals surface area contributed by atoms with E-state index in [1.165, 1.54) is 0 Å². The van der Waals surface area contributed by atoms with Crippen LogP contribution in [0.4, 0.5) is 0 Å². The lowest BCUT2D eigenvalue weighted by molar-refractivity contribution is 0.381. The second-order valence-corrected chi connectivity index (χ2v) is 4.81. The van der Waals surface area contributed by atoms with Crippen LogP contribution >= 0.6 is 8.45 Å². The van der Waals surface area contributed by atoms with Gasteiger partial charge in [0, 0.05) is 12.1 Å². The van der Waals surface area contributed by atoms with Gasteiger partial charge < -0.3 is 4.52 Å². The summed E-state index contributed by atoms with van der Waals surface area (Å²) < 4.78 is 5.54. The average molecular weight is 204 g/mol. The highest BCUT2D eigenvalue weighted by molar-refractivity contribution is 7.48. The first kappa shape index (κ1) is 13.1. The second kappa shape index (κ2) is 7.45. The molecule has 0 atom stereocenters. The molecule has 0 bridgehead atoms. The first-order chi connectivity index (χ1) is 6.06. The monoisotopic (exact) mass is 204 g/mol. The van der Waals surface area contributed by atoms with Gasteiger partial charge in [0.05, 0.1) is 6.61 Å². The van der Waals surface area contributed by atoms with Crippen molar-refractivity contribution in [3.63, 3.8) is 0 Å². The maximum atomic E-state index is 5.54. The fourth-order valence-electron chi connectivity index (χ4n) is 0.708. The number of rotatable bonds is 7. The van der Waals surface area contributed by atoms with Crippen LogP contribution in [0, 0.1) is 0 Å². The first-order valence-electron chi connectivity index (χ1n) is 4.62. The maximum absolute atomic E-state index is 5.54. The SMILES string of the molecule is C=CCOP(NC(C)C)NC(C)C. The molecule has 0 heterocycles. The molecule has 3 nitrogen and oxygen atoms in total. The summed E-state index contributed by atoms with van der Waals surface area (Å²) in [7, 11) is -0.717. The van der Waals surface area contributed by atoms with Gasteiger partial charge in [0.25, 0.3) is 0 Å². The summed E-state index contributed by atoms with van der Waals surface area (Å²) in [6.07, 6.45) is 1.76. The topological polar surface area (TPSA) is 33.3 Å². The van der Waals surface area contributed by atoms with Crippen LogP contribution in [0.25, 0.3) is 0 Å². The molecule has 0 radical (unpaired) electrons. The van der Waals surface area contributed by atoms with Crippen LogP contribution in [-0.4, -0.2) is 18.7 Å². The summed E-state index contributed by atoms with van der Waals surface area (Å²) in [5.41, 5.74) is 0. The fraction of sp³-hybridized carbons (Fsp3) is 0.778. The van der Waals surface area contributed by atoms with Crippen molar-refractivity contribution >= 4 is 8.45 Å². The summed E-state index contributed by atoms with van der Waals surface area (Å²) in [6.45, 7) is 12.6. The largest absolute Gasteiger partial charge is 0.327 e. The molecule has 0 spiro atoms. The van der Waals surface area contributed by atoms with Gasteiger partial charge in [-0.3, -0.25) is 10.2 Å². The molecule has 13 heavy (non-hydrogen) atoms. The standard InChI is InChI=1S/C9H21N2OP/c1-6-7-12-13(10-8(2)3)11-9(4)5/h6,8-11H,1,7H2,2-5H3. The molecule has 0 aliphatic carbocycles. The molecule has 0 saturated heterocycles. The Morgan fingerprint density at radius 3 is 2.00 bits per heavy atom. The lowest BCUT2D eigenvalue weighted by Crippen LogP contribution is -2.29.